The van der Waals surface area contributed by atoms with E-state index in [9.17, 15) is 9.79 Å². The lowest BCUT2D eigenvalue weighted by Gasteiger charge is -2.10. The van der Waals surface area contributed by atoms with Crippen molar-refractivity contribution in [3.8, 4) is 0 Å². The molecule has 1 rings (SSSR count). The second-order valence-electron chi connectivity index (χ2n) is 8.20. The summed E-state index contributed by atoms with van der Waals surface area (Å²) in [6.45, 7) is 4.51. The lowest BCUT2D eigenvalue weighted by molar-refractivity contribution is 0.500. The number of rotatable bonds is 17. The first-order valence-corrected chi connectivity index (χ1v) is 15.8. The molecule has 0 aliphatic rings. The molecule has 2 N–H and O–H groups in total. The van der Waals surface area contributed by atoms with Crippen molar-refractivity contribution in [3.63, 3.8) is 0 Å². The third-order valence-corrected chi connectivity index (χ3v) is 8.24. The van der Waals surface area contributed by atoms with Crippen LogP contribution in [0.5, 0.6) is 0 Å². The average molecular weight is 462 g/mol. The fourth-order valence-electron chi connectivity index (χ4n) is 3.87. The summed E-state index contributed by atoms with van der Waals surface area (Å²) in [7, 11) is 1.06. The van der Waals surface area contributed by atoms with Gasteiger partial charge in [-0.2, -0.15) is 0 Å². The summed E-state index contributed by atoms with van der Waals surface area (Å²) in [6, 6.07) is 6.26. The van der Waals surface area contributed by atoms with Gasteiger partial charge in [0.1, 0.15) is 0 Å². The van der Waals surface area contributed by atoms with Gasteiger partial charge in [0.05, 0.1) is 0 Å². The summed E-state index contributed by atoms with van der Waals surface area (Å²) in [5, 5.41) is 0. The molecule has 0 aliphatic carbocycles. The average Bonchev–Trinajstić information content (AvgIpc) is 2.67. The van der Waals surface area contributed by atoms with Crippen LogP contribution in [0.2, 0.25) is 0 Å². The smallest absolute Gasteiger partial charge is 0.299 e. The highest BCUT2D eigenvalue weighted by Gasteiger charge is 2.24. The molecular formula is C24H43ClO2PS+. The summed E-state index contributed by atoms with van der Waals surface area (Å²) < 4.78 is 0. The Morgan fingerprint density at radius 1 is 0.724 bits per heavy atom. The van der Waals surface area contributed by atoms with E-state index in [-0.39, 0.29) is 0 Å². The molecule has 0 saturated carbocycles. The lowest BCUT2D eigenvalue weighted by atomic mass is 9.96. The van der Waals surface area contributed by atoms with Crippen molar-refractivity contribution in [2.75, 3.05) is 0 Å². The quantitative estimate of drug-likeness (QED) is 0.138. The first-order chi connectivity index (χ1) is 14.0. The predicted molar refractivity (Wildman–Crippen MR) is 133 cm³/mol. The minimum absolute atomic E-state index is 0.963. The molecule has 168 valence electrons. The molecular weight excluding hydrogens is 419 g/mol. The summed E-state index contributed by atoms with van der Waals surface area (Å²) in [5.41, 5.74) is 2.67. The maximum absolute atomic E-state index is 9.79. The molecule has 5 heteroatoms. The van der Waals surface area contributed by atoms with Crippen molar-refractivity contribution in [1.29, 1.82) is 0 Å². The standard InChI is InChI=1S/C24H43ClO2PS/c1-3-5-7-9-11-13-15-18-22-19-17-21-24(29-28(25,26)27)23(22)20-16-14-12-10-8-6-4-2/h17,19,21,26-27H,3-16,18,20H2,1-2H3/q+1. The maximum Gasteiger partial charge on any atom is 0.473 e. The SMILES string of the molecule is CCCCCCCCCc1cccc([S+]=P(O)(O)Cl)c1CCCCCCCCC. The molecule has 0 amide bonds. The van der Waals surface area contributed by atoms with Crippen LogP contribution in [0, 0.1) is 0 Å². The Bertz CT molecular complexity index is 592. The lowest BCUT2D eigenvalue weighted by Crippen LogP contribution is -1.99. The van der Waals surface area contributed by atoms with E-state index < -0.39 is 5.84 Å². The van der Waals surface area contributed by atoms with Crippen molar-refractivity contribution in [1.82, 2.24) is 0 Å². The van der Waals surface area contributed by atoms with Crippen LogP contribution in [-0.4, -0.2) is 9.79 Å². The zero-order valence-corrected chi connectivity index (χ0v) is 21.1. The summed E-state index contributed by atoms with van der Waals surface area (Å²) in [6.07, 6.45) is 20.3. The minimum atomic E-state index is -3.40. The van der Waals surface area contributed by atoms with Gasteiger partial charge >= 0.3 is 5.84 Å². The Hall–Kier alpha value is 0.0800. The van der Waals surface area contributed by atoms with Gasteiger partial charge in [-0.25, -0.2) is 0 Å². The van der Waals surface area contributed by atoms with Gasteiger partial charge in [0.2, 0.25) is 4.90 Å². The monoisotopic (exact) mass is 461 g/mol. The van der Waals surface area contributed by atoms with Crippen molar-refractivity contribution in [3.05, 3.63) is 29.3 Å². The Morgan fingerprint density at radius 3 is 1.72 bits per heavy atom. The van der Waals surface area contributed by atoms with Gasteiger partial charge in [0, 0.05) is 22.9 Å². The van der Waals surface area contributed by atoms with Crippen molar-refractivity contribution < 1.29 is 9.79 Å². The molecule has 1 aromatic rings. The van der Waals surface area contributed by atoms with E-state index in [2.05, 4.69) is 19.9 Å². The summed E-state index contributed by atoms with van der Waals surface area (Å²) in [5.74, 6) is -3.40. The molecule has 0 fully saturated rings. The molecule has 0 heterocycles. The second kappa shape index (κ2) is 16.7. The van der Waals surface area contributed by atoms with Crippen LogP contribution in [-0.2, 0) is 23.8 Å². The highest BCUT2D eigenvalue weighted by atomic mass is 35.7. The van der Waals surface area contributed by atoms with Crippen LogP contribution in [0.3, 0.4) is 0 Å². The number of hydrogen-bond donors (Lipinski definition) is 2. The number of benzene rings is 1. The third kappa shape index (κ3) is 13.9. The zero-order chi connectivity index (χ0) is 21.4. The van der Waals surface area contributed by atoms with Gasteiger partial charge < -0.3 is 0 Å². The van der Waals surface area contributed by atoms with Crippen LogP contribution in [0.1, 0.15) is 115 Å². The molecule has 1 aromatic carbocycles. The Labute approximate surface area is 188 Å². The maximum atomic E-state index is 9.79. The second-order valence-corrected chi connectivity index (χ2v) is 13.9. The first kappa shape index (κ1) is 27.1. The van der Waals surface area contributed by atoms with E-state index in [1.807, 2.05) is 12.1 Å². The van der Waals surface area contributed by atoms with Gasteiger partial charge in [0.15, 0.2) is 0 Å². The van der Waals surface area contributed by atoms with E-state index in [1.165, 1.54) is 94.6 Å². The van der Waals surface area contributed by atoms with Gasteiger partial charge in [-0.15, -0.1) is 0 Å². The van der Waals surface area contributed by atoms with Gasteiger partial charge in [-0.3, -0.25) is 9.79 Å². The molecule has 2 nitrogen and oxygen atoms in total. The van der Waals surface area contributed by atoms with Gasteiger partial charge in [-0.1, -0.05) is 103 Å². The largest absolute Gasteiger partial charge is 0.473 e. The highest BCUT2D eigenvalue weighted by Crippen LogP contribution is 2.45. The summed E-state index contributed by atoms with van der Waals surface area (Å²) >= 11 is 5.80. The normalized spacial score (nSPS) is 11.8. The van der Waals surface area contributed by atoms with E-state index in [4.69, 9.17) is 11.2 Å². The van der Waals surface area contributed by atoms with E-state index in [0.29, 0.717) is 0 Å². The first-order valence-electron chi connectivity index (χ1n) is 11.8. The van der Waals surface area contributed by atoms with E-state index >= 15 is 0 Å². The third-order valence-electron chi connectivity index (χ3n) is 5.52. The fraction of sp³-hybridized carbons (Fsp3) is 0.750. The molecule has 0 spiro atoms. The number of hydrogen-bond acceptors (Lipinski definition) is 0. The predicted octanol–water partition coefficient (Wildman–Crippen LogP) is 8.62. The molecule has 0 saturated heterocycles. The van der Waals surface area contributed by atoms with Crippen molar-refractivity contribution in [2.24, 2.45) is 0 Å². The topological polar surface area (TPSA) is 40.5 Å². The van der Waals surface area contributed by atoms with Crippen LogP contribution in [0.4, 0.5) is 0 Å². The number of aryl methyl sites for hydroxylation is 1. The van der Waals surface area contributed by atoms with Crippen molar-refractivity contribution in [2.45, 2.75) is 121 Å². The van der Waals surface area contributed by atoms with Crippen LogP contribution in [0.25, 0.3) is 0 Å². The van der Waals surface area contributed by atoms with E-state index in [1.54, 1.807) is 0 Å². The Balaban J connectivity index is 2.63. The van der Waals surface area contributed by atoms with Crippen LogP contribution < -0.4 is 0 Å². The zero-order valence-electron chi connectivity index (χ0n) is 18.7. The van der Waals surface area contributed by atoms with Crippen LogP contribution >= 0.6 is 17.1 Å². The minimum Gasteiger partial charge on any atom is -0.299 e. The number of halogens is 1. The fourth-order valence-corrected chi connectivity index (χ4v) is 6.54. The van der Waals surface area contributed by atoms with Crippen LogP contribution in [0.15, 0.2) is 23.1 Å². The molecule has 0 radical (unpaired) electrons. The summed E-state index contributed by atoms with van der Waals surface area (Å²) in [4.78, 5) is 20.5. The molecule has 0 atom stereocenters. The van der Waals surface area contributed by atoms with E-state index in [0.717, 1.165) is 35.1 Å². The Morgan fingerprint density at radius 2 is 1.21 bits per heavy atom. The molecule has 0 aromatic heterocycles. The van der Waals surface area contributed by atoms with Gasteiger partial charge in [-0.05, 0) is 31.2 Å². The molecule has 0 aliphatic heterocycles. The molecule has 29 heavy (non-hydrogen) atoms. The Kier molecular flexibility index (Phi) is 15.6. The highest BCUT2D eigenvalue weighted by molar-refractivity contribution is 8.28. The van der Waals surface area contributed by atoms with Gasteiger partial charge in [0.25, 0.3) is 10.9 Å². The number of unbranched alkanes of at least 4 members (excludes halogenated alkanes) is 12. The molecule has 0 bridgehead atoms. The molecule has 0 unspecified atom stereocenters. The van der Waals surface area contributed by atoms with Crippen molar-refractivity contribution >= 4 is 28.0 Å².